The number of halogens is 1. The zero-order chi connectivity index (χ0) is 13.9. The van der Waals surface area contributed by atoms with Crippen LogP contribution in [0, 0.1) is 0 Å². The molecular weight excluding hydrogens is 370 g/mol. The first-order valence-corrected chi connectivity index (χ1v) is 9.82. The zero-order valence-electron chi connectivity index (χ0n) is 9.74. The van der Waals surface area contributed by atoms with Crippen molar-refractivity contribution in [2.45, 2.75) is 12.6 Å². The predicted octanol–water partition coefficient (Wildman–Crippen LogP) is 2.66. The Bertz CT molecular complexity index is 621. The van der Waals surface area contributed by atoms with E-state index >= 15 is 0 Å². The fourth-order valence-electron chi connectivity index (χ4n) is 1.44. The van der Waals surface area contributed by atoms with Crippen LogP contribution in [0.2, 0.25) is 0 Å². The lowest BCUT2D eigenvalue weighted by atomic mass is 10.2. The number of thiophene rings is 2. The predicted molar refractivity (Wildman–Crippen MR) is 82.3 cm³/mol. The minimum atomic E-state index is -3.26. The number of aliphatic hydroxyl groups is 1. The maximum Gasteiger partial charge on any atom is 0.221 e. The topological polar surface area (TPSA) is 66.4 Å². The van der Waals surface area contributed by atoms with Crippen LogP contribution in [0.15, 0.2) is 29.6 Å². The summed E-state index contributed by atoms with van der Waals surface area (Å²) in [6.45, 7) is 0.246. The van der Waals surface area contributed by atoms with E-state index in [2.05, 4.69) is 20.7 Å². The van der Waals surface area contributed by atoms with Crippen molar-refractivity contribution in [1.82, 2.24) is 4.72 Å². The number of sulfonamides is 1. The molecule has 0 aromatic carbocycles. The highest BCUT2D eigenvalue weighted by atomic mass is 79.9. The van der Waals surface area contributed by atoms with Gasteiger partial charge in [0, 0.05) is 21.2 Å². The molecule has 0 saturated carbocycles. The van der Waals surface area contributed by atoms with Crippen LogP contribution < -0.4 is 4.72 Å². The van der Waals surface area contributed by atoms with Gasteiger partial charge in [0.05, 0.1) is 0 Å². The van der Waals surface area contributed by atoms with E-state index in [1.54, 1.807) is 0 Å². The van der Waals surface area contributed by atoms with E-state index in [1.165, 1.54) is 22.7 Å². The van der Waals surface area contributed by atoms with E-state index < -0.39 is 16.1 Å². The minimum absolute atomic E-state index is 0.115. The SMILES string of the molecule is O=S(=O)(CBr)NCc1ccc(C(O)c2cccs2)s1. The smallest absolute Gasteiger partial charge is 0.221 e. The number of nitrogens with one attached hydrogen (secondary N) is 1. The molecule has 19 heavy (non-hydrogen) atoms. The molecule has 0 radical (unpaired) electrons. The lowest BCUT2D eigenvalue weighted by molar-refractivity contribution is 0.228. The average molecular weight is 382 g/mol. The summed E-state index contributed by atoms with van der Waals surface area (Å²) >= 11 is 5.81. The molecule has 1 unspecified atom stereocenters. The largest absolute Gasteiger partial charge is 0.382 e. The Balaban J connectivity index is 2.03. The zero-order valence-corrected chi connectivity index (χ0v) is 13.8. The lowest BCUT2D eigenvalue weighted by Gasteiger charge is -2.05. The normalized spacial score (nSPS) is 13.6. The van der Waals surface area contributed by atoms with E-state index in [0.29, 0.717) is 0 Å². The molecule has 0 spiro atoms. The van der Waals surface area contributed by atoms with Gasteiger partial charge in [-0.25, -0.2) is 13.1 Å². The first-order chi connectivity index (χ1) is 9.02. The van der Waals surface area contributed by atoms with Crippen LogP contribution in [0.3, 0.4) is 0 Å². The quantitative estimate of drug-likeness (QED) is 0.755. The van der Waals surface area contributed by atoms with E-state index in [-0.39, 0.29) is 11.2 Å². The van der Waals surface area contributed by atoms with Crippen molar-refractivity contribution in [1.29, 1.82) is 0 Å². The van der Waals surface area contributed by atoms with Gasteiger partial charge in [0.2, 0.25) is 10.0 Å². The van der Waals surface area contributed by atoms with E-state index in [1.807, 2.05) is 29.6 Å². The second-order valence-corrected chi connectivity index (χ2v) is 9.06. The molecule has 2 rings (SSSR count). The van der Waals surface area contributed by atoms with Gasteiger partial charge >= 0.3 is 0 Å². The van der Waals surface area contributed by atoms with E-state index in [9.17, 15) is 13.5 Å². The summed E-state index contributed by atoms with van der Waals surface area (Å²) in [6.07, 6.45) is -0.633. The van der Waals surface area contributed by atoms with Crippen molar-refractivity contribution >= 4 is 48.6 Å². The molecule has 0 fully saturated rings. The highest BCUT2D eigenvalue weighted by Gasteiger charge is 2.14. The van der Waals surface area contributed by atoms with Gasteiger partial charge in [-0.3, -0.25) is 0 Å². The van der Waals surface area contributed by atoms with Crippen molar-refractivity contribution in [3.8, 4) is 0 Å². The van der Waals surface area contributed by atoms with Gasteiger partial charge in [0.15, 0.2) is 0 Å². The summed E-state index contributed by atoms with van der Waals surface area (Å²) in [6, 6.07) is 7.42. The third-order valence-electron chi connectivity index (χ3n) is 2.37. The highest BCUT2D eigenvalue weighted by Crippen LogP contribution is 2.30. The Labute approximate surface area is 128 Å². The molecule has 8 heteroatoms. The third kappa shape index (κ3) is 4.11. The van der Waals surface area contributed by atoms with Gasteiger partial charge in [-0.05, 0) is 23.6 Å². The number of alkyl halides is 1. The molecule has 0 saturated heterocycles. The number of rotatable bonds is 6. The van der Waals surface area contributed by atoms with Crippen LogP contribution in [-0.2, 0) is 16.6 Å². The maximum atomic E-state index is 11.3. The van der Waals surface area contributed by atoms with Crippen LogP contribution in [0.25, 0.3) is 0 Å². The van der Waals surface area contributed by atoms with Gasteiger partial charge in [0.1, 0.15) is 10.8 Å². The van der Waals surface area contributed by atoms with Crippen molar-refractivity contribution < 1.29 is 13.5 Å². The summed E-state index contributed by atoms with van der Waals surface area (Å²) in [5.41, 5.74) is 0. The molecule has 0 aliphatic rings. The Morgan fingerprint density at radius 1 is 1.32 bits per heavy atom. The molecule has 2 N–H and O–H groups in total. The fraction of sp³-hybridized carbons (Fsp3) is 0.273. The monoisotopic (exact) mass is 381 g/mol. The minimum Gasteiger partial charge on any atom is -0.382 e. The summed E-state index contributed by atoms with van der Waals surface area (Å²) < 4.78 is 25.0. The Morgan fingerprint density at radius 3 is 2.74 bits per heavy atom. The van der Waals surface area contributed by atoms with Crippen molar-refractivity contribution in [2.24, 2.45) is 0 Å². The summed E-state index contributed by atoms with van der Waals surface area (Å²) in [4.78, 5) is 2.57. The highest BCUT2D eigenvalue weighted by molar-refractivity contribution is 9.10. The summed E-state index contributed by atoms with van der Waals surface area (Å²) in [7, 11) is -3.26. The van der Waals surface area contributed by atoms with Gasteiger partial charge in [-0.1, -0.05) is 22.0 Å². The molecule has 0 bridgehead atoms. The number of hydrogen-bond acceptors (Lipinski definition) is 5. The first-order valence-electron chi connectivity index (χ1n) is 5.35. The third-order valence-corrected chi connectivity index (χ3v) is 7.12. The van der Waals surface area contributed by atoms with Crippen molar-refractivity contribution in [3.05, 3.63) is 44.3 Å². The van der Waals surface area contributed by atoms with Crippen molar-refractivity contribution in [2.75, 3.05) is 4.66 Å². The van der Waals surface area contributed by atoms with E-state index in [0.717, 1.165) is 14.6 Å². The second kappa shape index (κ2) is 6.47. The number of hydrogen-bond donors (Lipinski definition) is 2. The first kappa shape index (κ1) is 15.1. The summed E-state index contributed by atoms with van der Waals surface area (Å²) in [5.74, 6) is 0. The maximum absolute atomic E-state index is 11.3. The molecular formula is C11H12BrNO3S3. The van der Waals surface area contributed by atoms with Gasteiger partial charge in [0.25, 0.3) is 0 Å². The van der Waals surface area contributed by atoms with Crippen LogP contribution in [0.1, 0.15) is 20.7 Å². The van der Waals surface area contributed by atoms with Crippen LogP contribution >= 0.6 is 38.6 Å². The molecule has 0 aliphatic carbocycles. The molecule has 4 nitrogen and oxygen atoms in total. The second-order valence-electron chi connectivity index (χ2n) is 3.77. The number of aliphatic hydroxyl groups excluding tert-OH is 1. The van der Waals surface area contributed by atoms with Crippen LogP contribution in [-0.4, -0.2) is 18.2 Å². The molecule has 1 atom stereocenters. The molecule has 0 aliphatic heterocycles. The van der Waals surface area contributed by atoms with Crippen molar-refractivity contribution in [3.63, 3.8) is 0 Å². The molecule has 2 aromatic rings. The van der Waals surface area contributed by atoms with Crippen LogP contribution in [0.5, 0.6) is 0 Å². The Hall–Kier alpha value is -0.250. The molecule has 2 aromatic heterocycles. The molecule has 104 valence electrons. The van der Waals surface area contributed by atoms with Crippen LogP contribution in [0.4, 0.5) is 0 Å². The molecule has 2 heterocycles. The Morgan fingerprint density at radius 2 is 2.11 bits per heavy atom. The fourth-order valence-corrected chi connectivity index (χ4v) is 4.23. The average Bonchev–Trinajstić information content (AvgIpc) is 3.07. The standard InChI is InChI=1S/C11H12BrNO3S3/c12-7-19(15,16)13-6-8-3-4-10(18-8)11(14)9-2-1-5-17-9/h1-5,11,13-14H,6-7H2. The van der Waals surface area contributed by atoms with Gasteiger partial charge in [-0.2, -0.15) is 0 Å². The Kier molecular flexibility index (Phi) is 5.15. The molecule has 0 amide bonds. The summed E-state index contributed by atoms with van der Waals surface area (Å²) in [5, 5.41) is 12.1. The van der Waals surface area contributed by atoms with E-state index in [4.69, 9.17) is 0 Å². The van der Waals surface area contributed by atoms with Gasteiger partial charge in [-0.15, -0.1) is 22.7 Å². The lowest BCUT2D eigenvalue weighted by Crippen LogP contribution is -2.23. The van der Waals surface area contributed by atoms with Gasteiger partial charge < -0.3 is 5.11 Å².